The highest BCUT2D eigenvalue weighted by atomic mass is 19.1. The first kappa shape index (κ1) is 7.15. The number of alkyl halides is 1. The Morgan fingerprint density at radius 2 is 2.00 bits per heavy atom. The minimum absolute atomic E-state index is 0. The van der Waals surface area contributed by atoms with E-state index in [-0.39, 0.29) is 11.7 Å². The summed E-state index contributed by atoms with van der Waals surface area (Å²) in [5.41, 5.74) is 0.791. The molecule has 1 atom stereocenters. The van der Waals surface area contributed by atoms with Gasteiger partial charge in [-0.15, -0.1) is 0 Å². The number of fused-ring (bicyclic) bond motifs is 2. The zero-order chi connectivity index (χ0) is 6.43. The third kappa shape index (κ3) is 0.640. The average molecular weight is 143 g/mol. The van der Waals surface area contributed by atoms with Gasteiger partial charge in [0.15, 0.2) is 6.17 Å². The summed E-state index contributed by atoms with van der Waals surface area (Å²) in [6.07, 6.45) is -1.14. The van der Waals surface area contributed by atoms with Crippen molar-refractivity contribution < 1.29 is 8.78 Å². The topological polar surface area (TPSA) is 35.0 Å². The van der Waals surface area contributed by atoms with Crippen LogP contribution in [0.2, 0.25) is 0 Å². The Hall–Kier alpha value is -0.960. The molecule has 0 amide bonds. The van der Waals surface area contributed by atoms with Gasteiger partial charge in [-0.1, -0.05) is 6.07 Å². The molecule has 3 N–H and O–H groups in total. The maximum atomic E-state index is 12.5. The van der Waals surface area contributed by atoms with Crippen LogP contribution in [0, 0.1) is 5.82 Å². The number of halogens is 2. The van der Waals surface area contributed by atoms with E-state index < -0.39 is 12.0 Å². The van der Waals surface area contributed by atoms with Gasteiger partial charge < -0.3 is 6.15 Å². The molecule has 0 saturated heterocycles. The zero-order valence-electron chi connectivity index (χ0n) is 5.27. The van der Waals surface area contributed by atoms with Crippen LogP contribution in [0.1, 0.15) is 17.3 Å². The minimum atomic E-state index is -1.14. The van der Waals surface area contributed by atoms with Gasteiger partial charge in [-0.2, -0.15) is 0 Å². The van der Waals surface area contributed by atoms with Gasteiger partial charge >= 0.3 is 0 Å². The van der Waals surface area contributed by atoms with E-state index in [9.17, 15) is 8.78 Å². The van der Waals surface area contributed by atoms with Crippen LogP contribution in [-0.4, -0.2) is 0 Å². The van der Waals surface area contributed by atoms with E-state index in [1.165, 1.54) is 18.2 Å². The maximum Gasteiger partial charge on any atom is 0.153 e. The van der Waals surface area contributed by atoms with Crippen LogP contribution in [-0.2, 0) is 0 Å². The fourth-order valence-electron chi connectivity index (χ4n) is 0.997. The van der Waals surface area contributed by atoms with E-state index in [1.807, 2.05) is 0 Å². The molecular weight excluding hydrogens is 136 g/mol. The lowest BCUT2D eigenvalue weighted by atomic mass is 9.91. The number of benzene rings is 1. The fourth-order valence-corrected chi connectivity index (χ4v) is 0.997. The molecule has 3 rings (SSSR count). The number of hydrogen-bond acceptors (Lipinski definition) is 1. The summed E-state index contributed by atoms with van der Waals surface area (Å²) in [5, 5.41) is 0. The quantitative estimate of drug-likeness (QED) is 0.594. The summed E-state index contributed by atoms with van der Waals surface area (Å²) in [7, 11) is 0. The molecule has 0 radical (unpaired) electrons. The van der Waals surface area contributed by atoms with Crippen molar-refractivity contribution in [3.05, 3.63) is 35.1 Å². The number of hydrogen-bond donors (Lipinski definition) is 1. The van der Waals surface area contributed by atoms with Crippen molar-refractivity contribution in [3.8, 4) is 0 Å². The second-order valence-electron chi connectivity index (χ2n) is 2.14. The average Bonchev–Trinajstić information content (AvgIpc) is 1.86. The largest absolute Gasteiger partial charge is 0.344 e. The van der Waals surface area contributed by atoms with Crippen LogP contribution in [0.4, 0.5) is 8.78 Å². The van der Waals surface area contributed by atoms with E-state index in [2.05, 4.69) is 0 Å². The molecule has 1 aromatic carbocycles. The van der Waals surface area contributed by atoms with Crippen molar-refractivity contribution >= 4 is 0 Å². The molecule has 0 aliphatic heterocycles. The first-order valence-corrected chi connectivity index (χ1v) is 2.72. The Bertz CT molecular complexity index is 256. The molecular formula is C7H7F2N. The van der Waals surface area contributed by atoms with Gasteiger partial charge in [0.05, 0.1) is 0 Å². The maximum absolute atomic E-state index is 12.5. The van der Waals surface area contributed by atoms with Crippen molar-refractivity contribution in [2.24, 2.45) is 0 Å². The highest BCUT2D eigenvalue weighted by Crippen LogP contribution is 2.37. The third-order valence-electron chi connectivity index (χ3n) is 1.59. The van der Waals surface area contributed by atoms with E-state index in [1.54, 1.807) is 0 Å². The predicted octanol–water partition coefficient (Wildman–Crippen LogP) is 2.36. The van der Waals surface area contributed by atoms with Gasteiger partial charge in [0.1, 0.15) is 5.82 Å². The van der Waals surface area contributed by atoms with Crippen LogP contribution >= 0.6 is 0 Å². The summed E-state index contributed by atoms with van der Waals surface area (Å²) >= 11 is 0. The monoisotopic (exact) mass is 143 g/mol. The van der Waals surface area contributed by atoms with Crippen molar-refractivity contribution in [1.82, 2.24) is 6.15 Å². The molecule has 10 heavy (non-hydrogen) atoms. The van der Waals surface area contributed by atoms with Crippen LogP contribution in [0.3, 0.4) is 0 Å². The second-order valence-corrected chi connectivity index (χ2v) is 2.14. The Kier molecular flexibility index (Phi) is 1.45. The fraction of sp³-hybridized carbons (Fsp3) is 0.143. The summed E-state index contributed by atoms with van der Waals surface area (Å²) in [6, 6.07) is 4.29. The molecule has 0 heterocycles. The molecule has 54 valence electrons. The Morgan fingerprint density at radius 1 is 1.30 bits per heavy atom. The normalized spacial score (nSPS) is 19.2. The van der Waals surface area contributed by atoms with Gasteiger partial charge in [-0.3, -0.25) is 0 Å². The molecule has 0 spiro atoms. The van der Waals surface area contributed by atoms with E-state index in [4.69, 9.17) is 0 Å². The Balaban J connectivity index is 0.000000500. The summed E-state index contributed by atoms with van der Waals surface area (Å²) < 4.78 is 24.8. The van der Waals surface area contributed by atoms with Gasteiger partial charge in [-0.05, 0) is 17.7 Å². The predicted molar refractivity (Wildman–Crippen MR) is 34.4 cm³/mol. The lowest BCUT2D eigenvalue weighted by Gasteiger charge is -2.19. The lowest BCUT2D eigenvalue weighted by molar-refractivity contribution is 0.363. The van der Waals surface area contributed by atoms with Gasteiger partial charge in [0.2, 0.25) is 0 Å². The molecule has 2 bridgehead atoms. The molecule has 1 unspecified atom stereocenters. The SMILES string of the molecule is Fc1ccc2cc1C2F.N. The molecule has 0 saturated carbocycles. The third-order valence-corrected chi connectivity index (χ3v) is 1.59. The lowest BCUT2D eigenvalue weighted by Crippen LogP contribution is -2.08. The standard InChI is InChI=1S/C7H4F2.H3N/c8-6-2-1-4-3-5(6)7(4)9;/h1-3,7H;1H3. The van der Waals surface area contributed by atoms with Crippen LogP contribution < -0.4 is 6.15 Å². The van der Waals surface area contributed by atoms with Crippen LogP contribution in [0.15, 0.2) is 18.2 Å². The van der Waals surface area contributed by atoms with Crippen LogP contribution in [0.5, 0.6) is 0 Å². The second kappa shape index (κ2) is 2.02. The van der Waals surface area contributed by atoms with Crippen molar-refractivity contribution in [2.45, 2.75) is 6.17 Å². The summed E-state index contributed by atoms with van der Waals surface area (Å²) in [4.78, 5) is 0. The minimum Gasteiger partial charge on any atom is -0.344 e. The molecule has 0 fully saturated rings. The smallest absolute Gasteiger partial charge is 0.153 e. The first-order valence-electron chi connectivity index (χ1n) is 2.72. The van der Waals surface area contributed by atoms with Crippen molar-refractivity contribution in [3.63, 3.8) is 0 Å². The zero-order valence-corrected chi connectivity index (χ0v) is 5.27. The molecule has 2 aliphatic rings. The van der Waals surface area contributed by atoms with Crippen molar-refractivity contribution in [1.29, 1.82) is 0 Å². The van der Waals surface area contributed by atoms with Crippen LogP contribution in [0.25, 0.3) is 0 Å². The first-order chi connectivity index (χ1) is 4.29. The molecule has 1 nitrogen and oxygen atoms in total. The molecule has 3 heteroatoms. The highest BCUT2D eigenvalue weighted by molar-refractivity contribution is 5.42. The number of rotatable bonds is 0. The Morgan fingerprint density at radius 3 is 2.30 bits per heavy atom. The van der Waals surface area contributed by atoms with Gasteiger partial charge in [0.25, 0.3) is 0 Å². The van der Waals surface area contributed by atoms with Gasteiger partial charge in [0, 0.05) is 5.56 Å². The van der Waals surface area contributed by atoms with E-state index in [0.29, 0.717) is 5.56 Å². The molecule has 1 aromatic rings. The highest BCUT2D eigenvalue weighted by Gasteiger charge is 2.26. The van der Waals surface area contributed by atoms with E-state index >= 15 is 0 Å². The molecule has 2 aliphatic carbocycles. The Labute approximate surface area is 57.3 Å². The van der Waals surface area contributed by atoms with Gasteiger partial charge in [-0.25, -0.2) is 8.78 Å². The summed E-state index contributed by atoms with van der Waals surface area (Å²) in [6.45, 7) is 0. The van der Waals surface area contributed by atoms with Crippen molar-refractivity contribution in [2.75, 3.05) is 0 Å². The summed E-state index contributed by atoms with van der Waals surface area (Å²) in [5.74, 6) is -0.433. The van der Waals surface area contributed by atoms with E-state index in [0.717, 1.165) is 0 Å². The molecule has 0 aromatic heterocycles.